The molecule has 1 heterocycles. The lowest BCUT2D eigenvalue weighted by Gasteiger charge is -2.16. The number of benzene rings is 1. The lowest BCUT2D eigenvalue weighted by atomic mass is 10.1. The van der Waals surface area contributed by atoms with Crippen LogP contribution in [-0.4, -0.2) is 27.9 Å². The molecule has 94 valence electrons. The van der Waals surface area contributed by atoms with Gasteiger partial charge < -0.3 is 18.9 Å². The second kappa shape index (κ2) is 5.27. The zero-order chi connectivity index (χ0) is 12.3. The Labute approximate surface area is 101 Å². The summed E-state index contributed by atoms with van der Waals surface area (Å²) in [6, 6.07) is 3.91. The summed E-state index contributed by atoms with van der Waals surface area (Å²) in [7, 11) is 4.85. The van der Waals surface area contributed by atoms with Gasteiger partial charge in [-0.3, -0.25) is 0 Å². The summed E-state index contributed by atoms with van der Waals surface area (Å²) in [4.78, 5) is 0. The van der Waals surface area contributed by atoms with Crippen molar-refractivity contribution in [3.63, 3.8) is 0 Å². The fourth-order valence-corrected chi connectivity index (χ4v) is 2.13. The van der Waals surface area contributed by atoms with E-state index >= 15 is 0 Å². The second-order valence-corrected chi connectivity index (χ2v) is 3.96. The fourth-order valence-electron chi connectivity index (χ4n) is 2.13. The molecular formula is C13H18O4. The summed E-state index contributed by atoms with van der Waals surface area (Å²) < 4.78 is 21.6. The van der Waals surface area contributed by atoms with Gasteiger partial charge in [0.2, 0.25) is 5.75 Å². The smallest absolute Gasteiger partial charge is 0.203 e. The third-order valence-corrected chi connectivity index (χ3v) is 2.99. The first-order chi connectivity index (χ1) is 8.30. The molecule has 1 saturated heterocycles. The highest BCUT2D eigenvalue weighted by Gasteiger charge is 2.22. The molecule has 0 amide bonds. The Balaban J connectivity index is 2.40. The van der Waals surface area contributed by atoms with Crippen molar-refractivity contribution in [1.82, 2.24) is 0 Å². The molecule has 1 aromatic rings. The molecule has 0 spiro atoms. The van der Waals surface area contributed by atoms with Gasteiger partial charge in [0.1, 0.15) is 0 Å². The second-order valence-electron chi connectivity index (χ2n) is 3.96. The number of hydrogen-bond acceptors (Lipinski definition) is 4. The van der Waals surface area contributed by atoms with E-state index in [1.54, 1.807) is 21.3 Å². The summed E-state index contributed by atoms with van der Waals surface area (Å²) >= 11 is 0. The van der Waals surface area contributed by atoms with Crippen LogP contribution in [0.25, 0.3) is 0 Å². The third-order valence-electron chi connectivity index (χ3n) is 2.99. The quantitative estimate of drug-likeness (QED) is 0.807. The van der Waals surface area contributed by atoms with Gasteiger partial charge in [0.25, 0.3) is 0 Å². The van der Waals surface area contributed by atoms with E-state index in [4.69, 9.17) is 18.9 Å². The molecule has 4 nitrogen and oxygen atoms in total. The van der Waals surface area contributed by atoms with Gasteiger partial charge in [-0.2, -0.15) is 0 Å². The Morgan fingerprint density at radius 1 is 1.06 bits per heavy atom. The van der Waals surface area contributed by atoms with Crippen molar-refractivity contribution in [2.75, 3.05) is 27.9 Å². The van der Waals surface area contributed by atoms with E-state index < -0.39 is 0 Å². The van der Waals surface area contributed by atoms with E-state index in [-0.39, 0.29) is 6.10 Å². The average Bonchev–Trinajstić information content (AvgIpc) is 2.90. The van der Waals surface area contributed by atoms with Crippen molar-refractivity contribution in [2.45, 2.75) is 18.9 Å². The first kappa shape index (κ1) is 12.0. The number of methoxy groups -OCH3 is 3. The van der Waals surface area contributed by atoms with Crippen LogP contribution in [0.2, 0.25) is 0 Å². The van der Waals surface area contributed by atoms with Gasteiger partial charge in [0.15, 0.2) is 11.5 Å². The van der Waals surface area contributed by atoms with Gasteiger partial charge in [0.05, 0.1) is 27.4 Å². The summed E-state index contributed by atoms with van der Waals surface area (Å²) in [5.41, 5.74) is 1.08. The molecule has 2 rings (SSSR count). The molecule has 0 radical (unpaired) electrons. The largest absolute Gasteiger partial charge is 0.493 e. The van der Waals surface area contributed by atoms with Crippen LogP contribution in [0.15, 0.2) is 12.1 Å². The summed E-state index contributed by atoms with van der Waals surface area (Å²) in [6.07, 6.45) is 2.28. The van der Waals surface area contributed by atoms with Crippen molar-refractivity contribution >= 4 is 0 Å². The standard InChI is InChI=1S/C13H18O4/c1-14-11-7-9(10-5-4-6-17-10)8-12(15-2)13(11)16-3/h7-8,10H,4-6H2,1-3H3/t10-/m1/s1. The molecule has 4 heteroatoms. The highest BCUT2D eigenvalue weighted by atomic mass is 16.5. The molecule has 1 fully saturated rings. The SMILES string of the molecule is COc1cc([C@H]2CCCO2)cc(OC)c1OC. The molecule has 0 N–H and O–H groups in total. The normalized spacial score (nSPS) is 19.1. The Kier molecular flexibility index (Phi) is 3.74. The van der Waals surface area contributed by atoms with Gasteiger partial charge in [-0.15, -0.1) is 0 Å². The summed E-state index contributed by atoms with van der Waals surface area (Å²) in [5.74, 6) is 1.98. The first-order valence-electron chi connectivity index (χ1n) is 5.71. The van der Waals surface area contributed by atoms with Crippen LogP contribution >= 0.6 is 0 Å². The predicted octanol–water partition coefficient (Wildman–Crippen LogP) is 2.56. The van der Waals surface area contributed by atoms with E-state index in [2.05, 4.69) is 0 Å². The highest BCUT2D eigenvalue weighted by molar-refractivity contribution is 5.54. The van der Waals surface area contributed by atoms with E-state index in [0.29, 0.717) is 17.2 Å². The maximum absolute atomic E-state index is 5.66. The Bertz CT molecular complexity index is 358. The zero-order valence-corrected chi connectivity index (χ0v) is 10.5. The summed E-state index contributed by atoms with van der Waals surface area (Å²) in [6.45, 7) is 0.821. The minimum atomic E-state index is 0.142. The monoisotopic (exact) mass is 238 g/mol. The fraction of sp³-hybridized carbons (Fsp3) is 0.538. The lowest BCUT2D eigenvalue weighted by molar-refractivity contribution is 0.111. The molecule has 1 aliphatic rings. The third kappa shape index (κ3) is 2.31. The van der Waals surface area contributed by atoms with E-state index in [0.717, 1.165) is 25.0 Å². The van der Waals surface area contributed by atoms with E-state index in [9.17, 15) is 0 Å². The maximum Gasteiger partial charge on any atom is 0.203 e. The minimum Gasteiger partial charge on any atom is -0.493 e. The molecule has 0 saturated carbocycles. The minimum absolute atomic E-state index is 0.142. The molecule has 0 aromatic heterocycles. The highest BCUT2D eigenvalue weighted by Crippen LogP contribution is 2.41. The molecule has 1 atom stereocenters. The molecular weight excluding hydrogens is 220 g/mol. The van der Waals surface area contributed by atoms with E-state index in [1.807, 2.05) is 12.1 Å². The molecule has 0 unspecified atom stereocenters. The van der Waals surface area contributed by atoms with Crippen LogP contribution in [0.4, 0.5) is 0 Å². The predicted molar refractivity (Wildman–Crippen MR) is 64.0 cm³/mol. The lowest BCUT2D eigenvalue weighted by Crippen LogP contribution is -2.00. The topological polar surface area (TPSA) is 36.9 Å². The zero-order valence-electron chi connectivity index (χ0n) is 10.5. The van der Waals surface area contributed by atoms with Crippen molar-refractivity contribution < 1.29 is 18.9 Å². The molecule has 1 aliphatic heterocycles. The van der Waals surface area contributed by atoms with Crippen molar-refractivity contribution in [2.24, 2.45) is 0 Å². The van der Waals surface area contributed by atoms with Crippen molar-refractivity contribution in [3.8, 4) is 17.2 Å². The number of hydrogen-bond donors (Lipinski definition) is 0. The van der Waals surface area contributed by atoms with Crippen LogP contribution in [0.1, 0.15) is 24.5 Å². The van der Waals surface area contributed by atoms with E-state index in [1.165, 1.54) is 0 Å². The number of rotatable bonds is 4. The van der Waals surface area contributed by atoms with Gasteiger partial charge in [-0.1, -0.05) is 0 Å². The van der Waals surface area contributed by atoms with Crippen LogP contribution in [0.3, 0.4) is 0 Å². The van der Waals surface area contributed by atoms with Crippen LogP contribution in [0, 0.1) is 0 Å². The summed E-state index contributed by atoms with van der Waals surface area (Å²) in [5, 5.41) is 0. The van der Waals surface area contributed by atoms with Crippen molar-refractivity contribution in [3.05, 3.63) is 17.7 Å². The van der Waals surface area contributed by atoms with Crippen LogP contribution in [-0.2, 0) is 4.74 Å². The van der Waals surface area contributed by atoms with Gasteiger partial charge in [0, 0.05) is 6.61 Å². The maximum atomic E-state index is 5.66. The van der Waals surface area contributed by atoms with Gasteiger partial charge >= 0.3 is 0 Å². The Morgan fingerprint density at radius 3 is 2.12 bits per heavy atom. The first-order valence-corrected chi connectivity index (χ1v) is 5.71. The molecule has 1 aromatic carbocycles. The molecule has 0 bridgehead atoms. The molecule has 17 heavy (non-hydrogen) atoms. The Morgan fingerprint density at radius 2 is 1.71 bits per heavy atom. The Hall–Kier alpha value is -1.42. The average molecular weight is 238 g/mol. The van der Waals surface area contributed by atoms with Gasteiger partial charge in [-0.05, 0) is 30.5 Å². The van der Waals surface area contributed by atoms with Crippen LogP contribution < -0.4 is 14.2 Å². The van der Waals surface area contributed by atoms with Crippen LogP contribution in [0.5, 0.6) is 17.2 Å². The van der Waals surface area contributed by atoms with Crippen molar-refractivity contribution in [1.29, 1.82) is 0 Å². The van der Waals surface area contributed by atoms with Gasteiger partial charge in [-0.25, -0.2) is 0 Å². The number of ether oxygens (including phenoxy) is 4. The molecule has 0 aliphatic carbocycles.